The Morgan fingerprint density at radius 1 is 1.13 bits per heavy atom. The molecule has 1 saturated carbocycles. The van der Waals surface area contributed by atoms with Gasteiger partial charge in [-0.15, -0.1) is 0 Å². The molecule has 2 aliphatic rings. The maximum Gasteiger partial charge on any atom is 0.272 e. The van der Waals surface area contributed by atoms with Gasteiger partial charge in [0.15, 0.2) is 12.4 Å². The van der Waals surface area contributed by atoms with Gasteiger partial charge in [0, 0.05) is 22.8 Å². The van der Waals surface area contributed by atoms with Crippen LogP contribution in [-0.2, 0) is 16.1 Å². The molecule has 1 fully saturated rings. The van der Waals surface area contributed by atoms with E-state index >= 15 is 0 Å². The van der Waals surface area contributed by atoms with Gasteiger partial charge in [0.2, 0.25) is 12.1 Å². The third-order valence-electron chi connectivity index (χ3n) is 7.22. The summed E-state index contributed by atoms with van der Waals surface area (Å²) >= 11 is 0. The van der Waals surface area contributed by atoms with Gasteiger partial charge in [-0.1, -0.05) is 68.3 Å². The highest BCUT2D eigenvalue weighted by Gasteiger charge is 2.38. The van der Waals surface area contributed by atoms with Gasteiger partial charge < -0.3 is 20.5 Å². The van der Waals surface area contributed by atoms with E-state index in [1.54, 1.807) is 17.0 Å². The van der Waals surface area contributed by atoms with Crippen molar-refractivity contribution in [2.24, 2.45) is 16.8 Å². The molecule has 38 heavy (non-hydrogen) atoms. The van der Waals surface area contributed by atoms with Crippen molar-refractivity contribution in [3.63, 3.8) is 0 Å². The molecule has 8 nitrogen and oxygen atoms in total. The predicted octanol–water partition coefficient (Wildman–Crippen LogP) is 3.33. The number of aliphatic hydroxyl groups excluding tert-OH is 1. The van der Waals surface area contributed by atoms with Crippen molar-refractivity contribution < 1.29 is 19.4 Å². The number of rotatable bonds is 9. The summed E-state index contributed by atoms with van der Waals surface area (Å²) in [6.45, 7) is 1.98. The van der Waals surface area contributed by atoms with Crippen LogP contribution in [0.1, 0.15) is 49.3 Å². The van der Waals surface area contributed by atoms with Crippen molar-refractivity contribution in [2.45, 2.75) is 51.4 Å². The number of benzodiazepines with no additional fused rings is 1. The number of carbonyl (C=O) groups excluding carboxylic acids is 2. The molecule has 3 atom stereocenters. The number of anilines is 1. The van der Waals surface area contributed by atoms with E-state index in [0.29, 0.717) is 40.5 Å². The Bertz CT molecular complexity index is 1340. The number of hydrogen-bond donors (Lipinski definition) is 2. The lowest BCUT2D eigenvalue weighted by atomic mass is 9.93. The number of nitrogens with zero attached hydrogens (tertiary/aromatic N) is 3. The quantitative estimate of drug-likeness (QED) is 0.339. The normalized spacial score (nSPS) is 18.7. The highest BCUT2D eigenvalue weighted by Crippen LogP contribution is 2.37. The number of carbonyl (C=O) groups is 2. The van der Waals surface area contributed by atoms with Crippen molar-refractivity contribution in [2.75, 3.05) is 4.90 Å². The lowest BCUT2D eigenvalue weighted by Crippen LogP contribution is -2.50. The topological polar surface area (TPSA) is 109 Å². The molecule has 2 aromatic carbocycles. The molecule has 1 aliphatic carbocycles. The Kier molecular flexibility index (Phi) is 7.51. The number of aromatic nitrogens is 1. The van der Waals surface area contributed by atoms with Crippen LogP contribution in [0, 0.1) is 17.0 Å². The second-order valence-electron chi connectivity index (χ2n) is 10.0. The second kappa shape index (κ2) is 11.1. The highest BCUT2D eigenvalue weighted by molar-refractivity contribution is 6.20. The predicted molar refractivity (Wildman–Crippen MR) is 144 cm³/mol. The Balaban J connectivity index is 1.56. The number of aliphatic hydroxyl groups is 1. The largest absolute Gasteiger partial charge is 0.619 e. The van der Waals surface area contributed by atoms with Gasteiger partial charge in [-0.05, 0) is 30.9 Å². The van der Waals surface area contributed by atoms with E-state index in [0.717, 1.165) is 24.0 Å². The molecule has 0 saturated heterocycles. The van der Waals surface area contributed by atoms with Crippen molar-refractivity contribution in [3.8, 4) is 0 Å². The zero-order chi connectivity index (χ0) is 26.6. The Hall–Kier alpha value is -4.04. The SMILES string of the molecule is CC[C@H](O)[C@@H](CC1CC1)C(=O)NC1N=C(c2ccccc2)c2ccccc2N(Cc2ccc[n+]([O-])c2)C1=O. The molecular formula is C30H32N4O4. The fourth-order valence-electron chi connectivity index (χ4n) is 4.97. The van der Waals surface area contributed by atoms with Crippen molar-refractivity contribution in [1.29, 1.82) is 0 Å². The molecule has 0 bridgehead atoms. The fourth-order valence-corrected chi connectivity index (χ4v) is 4.97. The molecular weight excluding hydrogens is 480 g/mol. The molecule has 2 amide bonds. The third kappa shape index (κ3) is 5.60. The first kappa shape index (κ1) is 25.6. The van der Waals surface area contributed by atoms with Crippen molar-refractivity contribution in [1.82, 2.24) is 5.32 Å². The molecule has 3 aromatic rings. The first-order chi connectivity index (χ1) is 18.4. The van der Waals surface area contributed by atoms with Crippen molar-refractivity contribution in [3.05, 3.63) is 101 Å². The van der Waals surface area contributed by atoms with Crippen LogP contribution in [-0.4, -0.2) is 34.9 Å². The van der Waals surface area contributed by atoms with Crippen molar-refractivity contribution >= 4 is 23.2 Å². The van der Waals surface area contributed by atoms with E-state index < -0.39 is 24.1 Å². The van der Waals surface area contributed by atoms with Crippen LogP contribution in [0.2, 0.25) is 0 Å². The maximum atomic E-state index is 14.1. The fraction of sp³-hybridized carbons (Fsp3) is 0.333. The first-order valence-corrected chi connectivity index (χ1v) is 13.1. The van der Waals surface area contributed by atoms with Gasteiger partial charge in [0.25, 0.3) is 5.91 Å². The molecule has 1 aliphatic heterocycles. The van der Waals surface area contributed by atoms with E-state index in [9.17, 15) is 19.9 Å². The Morgan fingerprint density at radius 2 is 1.87 bits per heavy atom. The molecule has 0 spiro atoms. The Morgan fingerprint density at radius 3 is 2.58 bits per heavy atom. The summed E-state index contributed by atoms with van der Waals surface area (Å²) in [6.07, 6.45) is 3.98. The molecule has 2 N–H and O–H groups in total. The lowest BCUT2D eigenvalue weighted by molar-refractivity contribution is -0.605. The zero-order valence-electron chi connectivity index (χ0n) is 21.4. The number of amides is 2. The van der Waals surface area contributed by atoms with Crippen LogP contribution in [0.4, 0.5) is 5.69 Å². The van der Waals surface area contributed by atoms with E-state index in [4.69, 9.17) is 4.99 Å². The van der Waals surface area contributed by atoms with Gasteiger partial charge in [0.1, 0.15) is 0 Å². The summed E-state index contributed by atoms with van der Waals surface area (Å²) in [4.78, 5) is 34.0. The summed E-state index contributed by atoms with van der Waals surface area (Å²) < 4.78 is 0.698. The smallest absolute Gasteiger partial charge is 0.272 e. The summed E-state index contributed by atoms with van der Waals surface area (Å²) in [6, 6.07) is 20.5. The molecule has 0 radical (unpaired) electrons. The molecule has 2 heterocycles. The summed E-state index contributed by atoms with van der Waals surface area (Å²) in [5.41, 5.74) is 3.43. The number of para-hydroxylation sites is 1. The zero-order valence-corrected chi connectivity index (χ0v) is 21.4. The monoisotopic (exact) mass is 512 g/mol. The number of nitrogens with one attached hydrogen (secondary N) is 1. The molecule has 5 rings (SSSR count). The number of fused-ring (bicyclic) bond motifs is 1. The molecule has 196 valence electrons. The van der Waals surface area contributed by atoms with Gasteiger partial charge in [0.05, 0.1) is 30.0 Å². The molecule has 1 aromatic heterocycles. The molecule has 1 unspecified atom stereocenters. The van der Waals surface area contributed by atoms with E-state index in [1.165, 1.54) is 12.4 Å². The van der Waals surface area contributed by atoms with E-state index in [2.05, 4.69) is 5.32 Å². The number of aliphatic imine (C=N–C) groups is 1. The maximum absolute atomic E-state index is 14.1. The third-order valence-corrected chi connectivity index (χ3v) is 7.22. The van der Waals surface area contributed by atoms with Gasteiger partial charge in [-0.25, -0.2) is 4.99 Å². The molecule has 8 heteroatoms. The standard InChI is InChI=1S/C30H32N4O4/c1-2-26(35)24(17-20-14-15-20)29(36)32-28-30(37)34(19-21-9-8-16-33(38)18-21)25-13-7-6-12-23(25)27(31-28)22-10-4-3-5-11-22/h3-13,16,18,20,24,26,28,35H,2,14-15,17,19H2,1H3,(H,32,36)/t24-,26+,28?/m1/s1. The van der Waals surface area contributed by atoms with Crippen LogP contribution in [0.3, 0.4) is 0 Å². The average molecular weight is 513 g/mol. The number of pyridine rings is 1. The minimum atomic E-state index is -1.20. The van der Waals surface area contributed by atoms with Crippen LogP contribution in [0.25, 0.3) is 0 Å². The minimum absolute atomic E-state index is 0.131. The average Bonchev–Trinajstić information content (AvgIpc) is 3.77. The van der Waals surface area contributed by atoms with Crippen LogP contribution >= 0.6 is 0 Å². The van der Waals surface area contributed by atoms with E-state index in [1.807, 2.05) is 61.5 Å². The number of hydrogen-bond acceptors (Lipinski definition) is 5. The Labute approximate surface area is 222 Å². The summed E-state index contributed by atoms with van der Waals surface area (Å²) in [5.74, 6) is -0.959. The van der Waals surface area contributed by atoms with Gasteiger partial charge >= 0.3 is 0 Å². The highest BCUT2D eigenvalue weighted by atomic mass is 16.5. The van der Waals surface area contributed by atoms with Crippen LogP contribution in [0.5, 0.6) is 0 Å². The second-order valence-corrected chi connectivity index (χ2v) is 10.0. The van der Waals surface area contributed by atoms with Gasteiger partial charge in [-0.3, -0.25) is 9.59 Å². The first-order valence-electron chi connectivity index (χ1n) is 13.1. The van der Waals surface area contributed by atoms with E-state index in [-0.39, 0.29) is 12.5 Å². The van der Waals surface area contributed by atoms with Crippen LogP contribution in [0.15, 0.2) is 84.1 Å². The number of benzene rings is 2. The summed E-state index contributed by atoms with van der Waals surface area (Å²) in [7, 11) is 0. The lowest BCUT2D eigenvalue weighted by Gasteiger charge is -2.27. The minimum Gasteiger partial charge on any atom is -0.619 e. The van der Waals surface area contributed by atoms with Gasteiger partial charge in [-0.2, -0.15) is 4.73 Å². The summed E-state index contributed by atoms with van der Waals surface area (Å²) in [5, 5.41) is 25.5. The van der Waals surface area contributed by atoms with Crippen LogP contribution < -0.4 is 14.9 Å².